The van der Waals surface area contributed by atoms with Gasteiger partial charge < -0.3 is 9.84 Å². The molecule has 2 aromatic heterocycles. The van der Waals surface area contributed by atoms with Gasteiger partial charge in [-0.1, -0.05) is 17.3 Å². The summed E-state index contributed by atoms with van der Waals surface area (Å²) in [6.07, 6.45) is 1.47. The number of carbonyl (C=O) groups is 1. The van der Waals surface area contributed by atoms with Crippen molar-refractivity contribution in [1.29, 1.82) is 5.26 Å². The monoisotopic (exact) mass is 281 g/mol. The third-order valence-electron chi connectivity index (χ3n) is 3.10. The summed E-state index contributed by atoms with van der Waals surface area (Å²) in [5.41, 5.74) is 1.51. The van der Waals surface area contributed by atoms with Crippen LogP contribution in [0.15, 0.2) is 35.0 Å². The first kappa shape index (κ1) is 12.9. The van der Waals surface area contributed by atoms with Gasteiger partial charge in [-0.25, -0.2) is 0 Å². The van der Waals surface area contributed by atoms with Crippen molar-refractivity contribution < 1.29 is 9.32 Å². The molecule has 0 aliphatic carbocycles. The van der Waals surface area contributed by atoms with Crippen molar-refractivity contribution in [3.05, 3.63) is 41.7 Å². The van der Waals surface area contributed by atoms with Crippen LogP contribution in [0.4, 0.5) is 5.82 Å². The molecule has 3 rings (SSSR count). The number of rotatable bonds is 3. The van der Waals surface area contributed by atoms with Gasteiger partial charge in [-0.05, 0) is 12.1 Å². The zero-order valence-electron chi connectivity index (χ0n) is 11.2. The Balaban J connectivity index is 1.81. The van der Waals surface area contributed by atoms with Crippen molar-refractivity contribution >= 4 is 22.7 Å². The van der Waals surface area contributed by atoms with Crippen molar-refractivity contribution in [2.75, 3.05) is 5.32 Å². The summed E-state index contributed by atoms with van der Waals surface area (Å²) in [4.78, 5) is 12.1. The van der Waals surface area contributed by atoms with E-state index in [4.69, 9.17) is 9.78 Å². The molecule has 0 aliphatic rings. The molecular formula is C14H11N5O2. The van der Waals surface area contributed by atoms with Crippen LogP contribution in [0.3, 0.4) is 0 Å². The molecule has 0 aliphatic heterocycles. The highest BCUT2D eigenvalue weighted by Gasteiger charge is 2.15. The molecule has 0 spiro atoms. The minimum absolute atomic E-state index is 0.0626. The maximum Gasteiger partial charge on any atom is 0.231 e. The topological polar surface area (TPSA) is 96.7 Å². The minimum Gasteiger partial charge on any atom is -0.356 e. The van der Waals surface area contributed by atoms with Gasteiger partial charge in [0, 0.05) is 12.4 Å². The number of carbonyl (C=O) groups excluding carboxylic acids is 1. The number of benzene rings is 1. The molecule has 0 saturated carbocycles. The van der Waals surface area contributed by atoms with Crippen LogP contribution in [-0.4, -0.2) is 20.8 Å². The molecule has 0 saturated heterocycles. The first-order valence-corrected chi connectivity index (χ1v) is 6.24. The number of anilines is 1. The van der Waals surface area contributed by atoms with E-state index in [2.05, 4.69) is 15.6 Å². The van der Waals surface area contributed by atoms with Gasteiger partial charge in [0.2, 0.25) is 5.91 Å². The summed E-state index contributed by atoms with van der Waals surface area (Å²) in [6.45, 7) is 0. The van der Waals surface area contributed by atoms with Crippen molar-refractivity contribution in [3.8, 4) is 6.07 Å². The van der Waals surface area contributed by atoms with Crippen LogP contribution < -0.4 is 5.32 Å². The second-order valence-corrected chi connectivity index (χ2v) is 4.49. The summed E-state index contributed by atoms with van der Waals surface area (Å²) in [5, 5.41) is 20.3. The molecule has 0 unspecified atom stereocenters. The maximum absolute atomic E-state index is 12.1. The summed E-state index contributed by atoms with van der Waals surface area (Å²) in [6, 6.07) is 9.31. The molecule has 0 bridgehead atoms. The first-order chi connectivity index (χ1) is 10.2. The molecule has 1 aromatic carbocycles. The van der Waals surface area contributed by atoms with Gasteiger partial charge in [-0.2, -0.15) is 10.4 Å². The Morgan fingerprint density at radius 3 is 3.10 bits per heavy atom. The van der Waals surface area contributed by atoms with Crippen molar-refractivity contribution in [1.82, 2.24) is 14.9 Å². The number of aromatic nitrogens is 3. The highest BCUT2D eigenvalue weighted by molar-refractivity contribution is 5.94. The number of nitrogens with zero attached hydrogens (tertiary/aromatic N) is 4. The van der Waals surface area contributed by atoms with E-state index in [1.165, 1.54) is 10.9 Å². The Labute approximate surface area is 119 Å². The van der Waals surface area contributed by atoms with Crippen LogP contribution in [0.5, 0.6) is 0 Å². The second-order valence-electron chi connectivity index (χ2n) is 4.49. The normalized spacial score (nSPS) is 10.5. The lowest BCUT2D eigenvalue weighted by Crippen LogP contribution is -2.17. The number of hydrogen-bond donors (Lipinski definition) is 1. The van der Waals surface area contributed by atoms with Gasteiger partial charge in [0.1, 0.15) is 23.1 Å². The smallest absolute Gasteiger partial charge is 0.231 e. The van der Waals surface area contributed by atoms with Gasteiger partial charge in [0.15, 0.2) is 5.58 Å². The molecular weight excluding hydrogens is 270 g/mol. The average molecular weight is 281 g/mol. The van der Waals surface area contributed by atoms with E-state index in [1.807, 2.05) is 24.3 Å². The molecule has 0 radical (unpaired) electrons. The SMILES string of the molecule is Cn1ncc(C#N)c1NC(=O)Cc1noc2ccccc12. The number of nitriles is 1. The second kappa shape index (κ2) is 5.09. The van der Waals surface area contributed by atoms with E-state index in [9.17, 15) is 4.79 Å². The summed E-state index contributed by atoms with van der Waals surface area (Å²) >= 11 is 0. The Kier molecular flexibility index (Phi) is 3.12. The number of amides is 1. The molecule has 21 heavy (non-hydrogen) atoms. The Morgan fingerprint density at radius 1 is 1.48 bits per heavy atom. The molecule has 7 nitrogen and oxygen atoms in total. The zero-order chi connectivity index (χ0) is 14.8. The van der Waals surface area contributed by atoms with E-state index >= 15 is 0 Å². The van der Waals surface area contributed by atoms with Crippen LogP contribution in [0, 0.1) is 11.3 Å². The Hall–Kier alpha value is -3.14. The van der Waals surface area contributed by atoms with Crippen molar-refractivity contribution in [2.45, 2.75) is 6.42 Å². The summed E-state index contributed by atoms with van der Waals surface area (Å²) in [5.74, 6) is 0.0875. The molecule has 0 atom stereocenters. The third-order valence-corrected chi connectivity index (χ3v) is 3.10. The minimum atomic E-state index is -0.283. The molecule has 2 heterocycles. The highest BCUT2D eigenvalue weighted by atomic mass is 16.5. The highest BCUT2D eigenvalue weighted by Crippen LogP contribution is 2.19. The number of hydrogen-bond acceptors (Lipinski definition) is 5. The molecule has 3 aromatic rings. The fourth-order valence-electron chi connectivity index (χ4n) is 2.06. The van der Waals surface area contributed by atoms with E-state index < -0.39 is 0 Å². The average Bonchev–Trinajstić information content (AvgIpc) is 3.04. The maximum atomic E-state index is 12.1. The van der Waals surface area contributed by atoms with Crippen molar-refractivity contribution in [3.63, 3.8) is 0 Å². The van der Waals surface area contributed by atoms with Gasteiger partial charge >= 0.3 is 0 Å². The molecule has 7 heteroatoms. The number of para-hydroxylation sites is 1. The standard InChI is InChI=1S/C14H11N5O2/c1-19-14(9(7-15)8-16-19)17-13(20)6-11-10-4-2-3-5-12(10)21-18-11/h2-5,8H,6H2,1H3,(H,17,20). The number of aryl methyl sites for hydroxylation is 1. The van der Waals surface area contributed by atoms with E-state index in [0.29, 0.717) is 22.7 Å². The zero-order valence-corrected chi connectivity index (χ0v) is 11.2. The van der Waals surface area contributed by atoms with E-state index in [1.54, 1.807) is 13.1 Å². The lowest BCUT2D eigenvalue weighted by molar-refractivity contribution is -0.115. The van der Waals surface area contributed by atoms with Crippen LogP contribution in [0.2, 0.25) is 0 Å². The predicted octanol–water partition coefficient (Wildman–Crippen LogP) is 1.61. The van der Waals surface area contributed by atoms with Crippen LogP contribution in [0.25, 0.3) is 11.0 Å². The van der Waals surface area contributed by atoms with Crippen LogP contribution in [-0.2, 0) is 18.3 Å². The number of fused-ring (bicyclic) bond motifs is 1. The van der Waals surface area contributed by atoms with Crippen molar-refractivity contribution in [2.24, 2.45) is 7.05 Å². The van der Waals surface area contributed by atoms with Crippen LogP contribution in [0.1, 0.15) is 11.3 Å². The van der Waals surface area contributed by atoms with Gasteiger partial charge in [0.05, 0.1) is 12.6 Å². The van der Waals surface area contributed by atoms with Crippen LogP contribution >= 0.6 is 0 Å². The molecule has 1 N–H and O–H groups in total. The molecule has 0 fully saturated rings. The van der Waals surface area contributed by atoms with Gasteiger partial charge in [-0.3, -0.25) is 9.48 Å². The van der Waals surface area contributed by atoms with E-state index in [0.717, 1.165) is 5.39 Å². The number of nitrogens with one attached hydrogen (secondary N) is 1. The lowest BCUT2D eigenvalue weighted by Gasteiger charge is -2.04. The van der Waals surface area contributed by atoms with E-state index in [-0.39, 0.29) is 12.3 Å². The lowest BCUT2D eigenvalue weighted by atomic mass is 10.1. The Morgan fingerprint density at radius 2 is 2.29 bits per heavy atom. The Bertz CT molecular complexity index is 856. The first-order valence-electron chi connectivity index (χ1n) is 6.24. The predicted molar refractivity (Wildman–Crippen MR) is 74.3 cm³/mol. The fourth-order valence-corrected chi connectivity index (χ4v) is 2.06. The fraction of sp³-hybridized carbons (Fsp3) is 0.143. The molecule has 1 amide bonds. The molecule has 104 valence electrons. The largest absolute Gasteiger partial charge is 0.356 e. The van der Waals surface area contributed by atoms with Gasteiger partial charge in [-0.15, -0.1) is 0 Å². The summed E-state index contributed by atoms with van der Waals surface area (Å²) < 4.78 is 6.60. The quantitative estimate of drug-likeness (QED) is 0.786. The van der Waals surface area contributed by atoms with Gasteiger partial charge in [0.25, 0.3) is 0 Å². The third kappa shape index (κ3) is 2.34. The summed E-state index contributed by atoms with van der Waals surface area (Å²) in [7, 11) is 1.65.